The van der Waals surface area contributed by atoms with Gasteiger partial charge in [-0.1, -0.05) is 18.2 Å². The van der Waals surface area contributed by atoms with E-state index in [1.807, 2.05) is 6.07 Å². The molecule has 0 saturated heterocycles. The van der Waals surface area contributed by atoms with Gasteiger partial charge in [0, 0.05) is 5.56 Å². The molecular weight excluding hydrogens is 448 g/mol. The van der Waals surface area contributed by atoms with Gasteiger partial charge in [-0.15, -0.1) is 0 Å². The smallest absolute Gasteiger partial charge is 0.343 e. The molecule has 0 fully saturated rings. The Balaban J connectivity index is 0.000000225. The molecule has 9 nitrogen and oxygen atoms in total. The Morgan fingerprint density at radius 3 is 1.55 bits per heavy atom. The van der Waals surface area contributed by atoms with Crippen molar-refractivity contribution in [3.05, 3.63) is 90.0 Å². The topological polar surface area (TPSA) is 152 Å². The number of esters is 1. The third-order valence-corrected chi connectivity index (χ3v) is 5.39. The Labute approximate surface area is 178 Å². The van der Waals surface area contributed by atoms with E-state index >= 15 is 0 Å². The van der Waals surface area contributed by atoms with E-state index in [4.69, 9.17) is 13.8 Å². The van der Waals surface area contributed by atoms with Crippen LogP contribution in [0.15, 0.2) is 88.7 Å². The largest absolute Gasteiger partial charge is 0.423 e. The van der Waals surface area contributed by atoms with E-state index in [2.05, 4.69) is 0 Å². The Morgan fingerprint density at radius 2 is 1.16 bits per heavy atom. The summed E-state index contributed by atoms with van der Waals surface area (Å²) in [6.07, 6.45) is 0.739. The van der Waals surface area contributed by atoms with E-state index < -0.39 is 36.0 Å². The summed E-state index contributed by atoms with van der Waals surface area (Å²) in [5.41, 5.74) is 1.04. The molecule has 162 valence electrons. The first kappa shape index (κ1) is 23.9. The standard InChI is InChI=1S/C14H10O3.C6H6O6S2/c15-10-11-6-8-13(9-7-11)17-14(16)12-4-2-1-3-5-12;7-13(8,9)5-1-2-6(4-3-5)14(10,11)12/h1-10H;1-4H,(H,7,8,9)(H,10,11,12). The molecule has 0 spiro atoms. The van der Waals surface area contributed by atoms with Crippen molar-refractivity contribution in [3.63, 3.8) is 0 Å². The summed E-state index contributed by atoms with van der Waals surface area (Å²) in [6.45, 7) is 0. The third kappa shape index (κ3) is 7.42. The molecule has 0 unspecified atom stereocenters. The summed E-state index contributed by atoms with van der Waals surface area (Å²) in [5, 5.41) is 0. The maximum atomic E-state index is 11.7. The zero-order valence-corrected chi connectivity index (χ0v) is 17.3. The zero-order chi connectivity index (χ0) is 23.1. The minimum absolute atomic E-state index is 0.413. The van der Waals surface area contributed by atoms with E-state index in [0.29, 0.717) is 16.9 Å². The maximum absolute atomic E-state index is 11.7. The number of ether oxygens (including phenoxy) is 1. The van der Waals surface area contributed by atoms with Crippen molar-refractivity contribution in [1.82, 2.24) is 0 Å². The number of hydrogen-bond donors (Lipinski definition) is 2. The van der Waals surface area contributed by atoms with Gasteiger partial charge >= 0.3 is 5.97 Å². The van der Waals surface area contributed by atoms with Crippen molar-refractivity contribution < 1.29 is 40.3 Å². The van der Waals surface area contributed by atoms with Gasteiger partial charge in [-0.2, -0.15) is 16.8 Å². The summed E-state index contributed by atoms with van der Waals surface area (Å²) >= 11 is 0. The number of hydrogen-bond acceptors (Lipinski definition) is 7. The van der Waals surface area contributed by atoms with Crippen LogP contribution in [-0.4, -0.2) is 38.2 Å². The third-order valence-electron chi connectivity index (χ3n) is 3.66. The molecule has 0 aliphatic rings. The second-order valence-corrected chi connectivity index (χ2v) is 8.71. The highest BCUT2D eigenvalue weighted by Crippen LogP contribution is 2.14. The number of aldehydes is 1. The van der Waals surface area contributed by atoms with E-state index in [1.54, 1.807) is 48.5 Å². The Morgan fingerprint density at radius 1 is 0.710 bits per heavy atom. The van der Waals surface area contributed by atoms with E-state index in [9.17, 15) is 26.4 Å². The molecule has 31 heavy (non-hydrogen) atoms. The first-order valence-corrected chi connectivity index (χ1v) is 11.3. The fraction of sp³-hybridized carbons (Fsp3) is 0. The minimum atomic E-state index is -4.34. The average Bonchev–Trinajstić information content (AvgIpc) is 2.74. The molecule has 0 aromatic heterocycles. The Bertz CT molecular complexity index is 1200. The average molecular weight is 464 g/mol. The Hall–Kier alpha value is -3.38. The zero-order valence-electron chi connectivity index (χ0n) is 15.7. The summed E-state index contributed by atoms with van der Waals surface area (Å²) in [5.74, 6) is 0.00825. The molecule has 0 aliphatic heterocycles. The van der Waals surface area contributed by atoms with Crippen molar-refractivity contribution in [2.24, 2.45) is 0 Å². The van der Waals surface area contributed by atoms with Crippen LogP contribution in [0.25, 0.3) is 0 Å². The second kappa shape index (κ2) is 10.1. The molecular formula is C20H16O9S2. The van der Waals surface area contributed by atoms with E-state index in [-0.39, 0.29) is 0 Å². The summed E-state index contributed by atoms with van der Waals surface area (Å²) in [6, 6.07) is 18.6. The number of rotatable bonds is 5. The van der Waals surface area contributed by atoms with Crippen molar-refractivity contribution in [2.45, 2.75) is 9.79 Å². The molecule has 0 heterocycles. The van der Waals surface area contributed by atoms with Crippen LogP contribution >= 0.6 is 0 Å². The van der Waals surface area contributed by atoms with Gasteiger partial charge in [0.1, 0.15) is 12.0 Å². The van der Waals surface area contributed by atoms with Crippen LogP contribution in [0.5, 0.6) is 5.75 Å². The van der Waals surface area contributed by atoms with Crippen LogP contribution in [-0.2, 0) is 20.2 Å². The first-order valence-electron chi connectivity index (χ1n) is 8.38. The van der Waals surface area contributed by atoms with Crippen molar-refractivity contribution >= 4 is 32.5 Å². The van der Waals surface area contributed by atoms with E-state index in [0.717, 1.165) is 30.6 Å². The van der Waals surface area contributed by atoms with Gasteiger partial charge in [0.2, 0.25) is 0 Å². The lowest BCUT2D eigenvalue weighted by Gasteiger charge is -2.03. The highest BCUT2D eigenvalue weighted by Gasteiger charge is 2.13. The number of benzene rings is 3. The summed E-state index contributed by atoms with van der Waals surface area (Å²) in [7, 11) is -8.68. The van der Waals surface area contributed by atoms with Crippen LogP contribution in [0.2, 0.25) is 0 Å². The van der Waals surface area contributed by atoms with Gasteiger partial charge in [-0.3, -0.25) is 13.9 Å². The molecule has 3 aromatic rings. The maximum Gasteiger partial charge on any atom is 0.343 e. The van der Waals surface area contributed by atoms with Gasteiger partial charge in [-0.05, 0) is 60.7 Å². The van der Waals surface area contributed by atoms with Gasteiger partial charge in [0.05, 0.1) is 15.4 Å². The molecule has 0 radical (unpaired) electrons. The summed E-state index contributed by atoms with van der Waals surface area (Å²) < 4.78 is 64.4. The fourth-order valence-corrected chi connectivity index (χ4v) is 3.10. The fourth-order valence-electron chi connectivity index (χ4n) is 2.14. The molecule has 3 aromatic carbocycles. The van der Waals surface area contributed by atoms with Crippen molar-refractivity contribution in [2.75, 3.05) is 0 Å². The van der Waals surface area contributed by atoms with Crippen molar-refractivity contribution in [1.29, 1.82) is 0 Å². The molecule has 0 saturated carbocycles. The second-order valence-electron chi connectivity index (χ2n) is 5.86. The van der Waals surface area contributed by atoms with Crippen LogP contribution in [0.3, 0.4) is 0 Å². The van der Waals surface area contributed by atoms with E-state index in [1.165, 1.54) is 0 Å². The molecule has 2 N–H and O–H groups in total. The predicted octanol–water partition coefficient (Wildman–Crippen LogP) is 2.90. The normalized spacial score (nSPS) is 11.0. The lowest BCUT2D eigenvalue weighted by Crippen LogP contribution is -2.07. The van der Waals surface area contributed by atoms with Crippen LogP contribution < -0.4 is 4.74 Å². The molecule has 0 atom stereocenters. The lowest BCUT2D eigenvalue weighted by atomic mass is 10.2. The quantitative estimate of drug-likeness (QED) is 0.251. The molecule has 0 aliphatic carbocycles. The van der Waals surface area contributed by atoms with Gasteiger partial charge < -0.3 is 4.74 Å². The van der Waals surface area contributed by atoms with Crippen LogP contribution in [0.1, 0.15) is 20.7 Å². The van der Waals surface area contributed by atoms with Gasteiger partial charge in [0.15, 0.2) is 0 Å². The lowest BCUT2D eigenvalue weighted by molar-refractivity contribution is 0.0734. The number of carbonyl (C=O) groups is 2. The summed E-state index contributed by atoms with van der Waals surface area (Å²) in [4.78, 5) is 21.3. The van der Waals surface area contributed by atoms with Crippen molar-refractivity contribution in [3.8, 4) is 5.75 Å². The monoisotopic (exact) mass is 464 g/mol. The predicted molar refractivity (Wildman–Crippen MR) is 109 cm³/mol. The molecule has 0 amide bonds. The highest BCUT2D eigenvalue weighted by atomic mass is 32.2. The number of carbonyl (C=O) groups excluding carboxylic acids is 2. The minimum Gasteiger partial charge on any atom is -0.423 e. The molecule has 0 bridgehead atoms. The van der Waals surface area contributed by atoms with Gasteiger partial charge in [-0.25, -0.2) is 4.79 Å². The van der Waals surface area contributed by atoms with Gasteiger partial charge in [0.25, 0.3) is 20.2 Å². The highest BCUT2D eigenvalue weighted by molar-refractivity contribution is 7.86. The SMILES string of the molecule is O=Cc1ccc(OC(=O)c2ccccc2)cc1.O=S(=O)(O)c1ccc(S(=O)(=O)O)cc1. The Kier molecular flexibility index (Phi) is 7.78. The molecule has 11 heteroatoms. The van der Waals surface area contributed by atoms with Crippen LogP contribution in [0.4, 0.5) is 0 Å². The van der Waals surface area contributed by atoms with Crippen LogP contribution in [0, 0.1) is 0 Å². The molecule has 3 rings (SSSR count). The first-order chi connectivity index (χ1) is 14.5.